The smallest absolute Gasteiger partial charge is 0.255 e. The summed E-state index contributed by atoms with van der Waals surface area (Å²) in [5.74, 6) is 0.198. The van der Waals surface area contributed by atoms with Crippen molar-refractivity contribution in [2.75, 3.05) is 0 Å². The second-order valence-electron chi connectivity index (χ2n) is 6.74. The predicted molar refractivity (Wildman–Crippen MR) is 90.9 cm³/mol. The Morgan fingerprint density at radius 2 is 2.27 bits per heavy atom. The van der Waals surface area contributed by atoms with Gasteiger partial charge in [0.25, 0.3) is 5.91 Å². The van der Waals surface area contributed by atoms with Crippen molar-refractivity contribution in [1.82, 2.24) is 15.2 Å². The van der Waals surface area contributed by atoms with Gasteiger partial charge in [-0.1, -0.05) is 6.07 Å². The molecule has 2 fully saturated rings. The van der Waals surface area contributed by atoms with Gasteiger partial charge in [-0.05, 0) is 31.4 Å². The van der Waals surface area contributed by atoms with Crippen LogP contribution in [-0.2, 0) is 4.79 Å². The second kappa shape index (κ2) is 6.30. The van der Waals surface area contributed by atoms with Gasteiger partial charge in [0.1, 0.15) is 11.8 Å². The molecule has 26 heavy (non-hydrogen) atoms. The number of nitrogens with one attached hydrogen (secondary N) is 1. The van der Waals surface area contributed by atoms with Crippen LogP contribution in [0.3, 0.4) is 0 Å². The molecule has 1 N–H and O–H groups in total. The summed E-state index contributed by atoms with van der Waals surface area (Å²) in [5, 5.41) is 11.9. The molecule has 7 heteroatoms. The quantitative estimate of drug-likeness (QED) is 0.910. The van der Waals surface area contributed by atoms with E-state index < -0.39 is 0 Å². The van der Waals surface area contributed by atoms with Crippen molar-refractivity contribution in [3.8, 4) is 6.07 Å². The number of likely N-dealkylation sites (tertiary alicyclic amines) is 1. The number of amides is 2. The molecule has 0 spiro atoms. The number of carbonyl (C=O) groups is 2. The number of hydrogen-bond acceptors (Lipinski definition) is 5. The zero-order valence-corrected chi connectivity index (χ0v) is 14.3. The lowest BCUT2D eigenvalue weighted by atomic mass is 10.0. The molecule has 1 aliphatic carbocycles. The standard InChI is InChI=1S/C19H18N4O3/c1-11-15(7-14(9-20)26-11)19(25)22-16-8-17(24)23(13-4-5-13)18(16)12-3-2-6-21-10-12/h2-3,6-7,10,13,16,18H,4-5,8H2,1H3,(H,22,25)/t16-,18+/m1/s1. The number of rotatable bonds is 4. The SMILES string of the molecule is Cc1oc(C#N)cc1C(=O)N[C@@H]1CC(=O)N(C2CC2)[C@H]1c1cccnc1. The van der Waals surface area contributed by atoms with Crippen LogP contribution < -0.4 is 5.32 Å². The molecule has 2 aliphatic rings. The molecule has 2 atom stereocenters. The molecule has 0 bridgehead atoms. The van der Waals surface area contributed by atoms with E-state index in [2.05, 4.69) is 10.3 Å². The van der Waals surface area contributed by atoms with Crippen LogP contribution in [0, 0.1) is 18.3 Å². The third-order valence-corrected chi connectivity index (χ3v) is 4.92. The van der Waals surface area contributed by atoms with E-state index in [1.165, 1.54) is 6.07 Å². The van der Waals surface area contributed by atoms with Gasteiger partial charge in [0.05, 0.1) is 17.6 Å². The van der Waals surface area contributed by atoms with E-state index in [0.29, 0.717) is 11.3 Å². The van der Waals surface area contributed by atoms with E-state index in [9.17, 15) is 9.59 Å². The summed E-state index contributed by atoms with van der Waals surface area (Å²) < 4.78 is 5.24. The lowest BCUT2D eigenvalue weighted by Gasteiger charge is -2.28. The summed E-state index contributed by atoms with van der Waals surface area (Å²) in [4.78, 5) is 31.3. The van der Waals surface area contributed by atoms with Crippen LogP contribution in [-0.4, -0.2) is 33.8 Å². The van der Waals surface area contributed by atoms with Crippen LogP contribution in [0.1, 0.15) is 52.7 Å². The molecular formula is C19H18N4O3. The predicted octanol–water partition coefficient (Wildman–Crippen LogP) is 2.09. The summed E-state index contributed by atoms with van der Waals surface area (Å²) in [5.41, 5.74) is 1.24. The maximum Gasteiger partial charge on any atom is 0.255 e. The summed E-state index contributed by atoms with van der Waals surface area (Å²) >= 11 is 0. The molecule has 3 heterocycles. The van der Waals surface area contributed by atoms with Crippen molar-refractivity contribution in [1.29, 1.82) is 5.26 Å². The highest BCUT2D eigenvalue weighted by molar-refractivity contribution is 5.96. The molecule has 1 saturated heterocycles. The first-order chi connectivity index (χ1) is 12.6. The first-order valence-corrected chi connectivity index (χ1v) is 8.61. The summed E-state index contributed by atoms with van der Waals surface area (Å²) in [6, 6.07) is 6.76. The van der Waals surface area contributed by atoms with Gasteiger partial charge in [0.2, 0.25) is 11.7 Å². The van der Waals surface area contributed by atoms with E-state index in [4.69, 9.17) is 9.68 Å². The number of nitrogens with zero attached hydrogens (tertiary/aromatic N) is 3. The van der Waals surface area contributed by atoms with Gasteiger partial charge in [-0.15, -0.1) is 0 Å². The molecule has 2 aromatic heterocycles. The molecule has 2 aromatic rings. The van der Waals surface area contributed by atoms with Crippen molar-refractivity contribution < 1.29 is 14.0 Å². The maximum absolute atomic E-state index is 12.7. The van der Waals surface area contributed by atoms with Gasteiger partial charge < -0.3 is 14.6 Å². The van der Waals surface area contributed by atoms with Crippen LogP contribution in [0.5, 0.6) is 0 Å². The molecular weight excluding hydrogens is 332 g/mol. The largest absolute Gasteiger partial charge is 0.450 e. The topological polar surface area (TPSA) is 99.2 Å². The van der Waals surface area contributed by atoms with Crippen molar-refractivity contribution >= 4 is 11.8 Å². The Hall–Kier alpha value is -3.14. The van der Waals surface area contributed by atoms with E-state index in [1.54, 1.807) is 19.3 Å². The highest BCUT2D eigenvalue weighted by Crippen LogP contribution is 2.41. The van der Waals surface area contributed by atoms with Crippen LogP contribution >= 0.6 is 0 Å². The zero-order valence-electron chi connectivity index (χ0n) is 14.3. The van der Waals surface area contributed by atoms with E-state index in [-0.39, 0.29) is 42.1 Å². The maximum atomic E-state index is 12.7. The van der Waals surface area contributed by atoms with Crippen molar-refractivity contribution in [2.45, 2.75) is 44.3 Å². The number of furan rings is 1. The van der Waals surface area contributed by atoms with Crippen LogP contribution in [0.4, 0.5) is 0 Å². The minimum absolute atomic E-state index is 0.0493. The van der Waals surface area contributed by atoms with Crippen molar-refractivity contribution in [3.63, 3.8) is 0 Å². The number of pyridine rings is 1. The fourth-order valence-electron chi connectivity index (χ4n) is 3.62. The molecule has 7 nitrogen and oxygen atoms in total. The fourth-order valence-corrected chi connectivity index (χ4v) is 3.62. The van der Waals surface area contributed by atoms with Gasteiger partial charge in [0, 0.05) is 30.9 Å². The Morgan fingerprint density at radius 3 is 2.88 bits per heavy atom. The summed E-state index contributed by atoms with van der Waals surface area (Å²) in [6.07, 6.45) is 5.68. The number of aromatic nitrogens is 1. The Balaban J connectivity index is 1.61. The first-order valence-electron chi connectivity index (χ1n) is 8.61. The fraction of sp³-hybridized carbons (Fsp3) is 0.368. The highest BCUT2D eigenvalue weighted by Gasteiger charge is 2.47. The van der Waals surface area contributed by atoms with Crippen molar-refractivity contribution in [3.05, 3.63) is 53.2 Å². The van der Waals surface area contributed by atoms with E-state index >= 15 is 0 Å². The van der Waals surface area contributed by atoms with Gasteiger partial charge in [-0.25, -0.2) is 0 Å². The molecule has 132 valence electrons. The number of nitriles is 1. The third kappa shape index (κ3) is 2.84. The molecule has 1 saturated carbocycles. The number of carbonyl (C=O) groups excluding carboxylic acids is 2. The van der Waals surface area contributed by atoms with Crippen LogP contribution in [0.2, 0.25) is 0 Å². The van der Waals surface area contributed by atoms with Gasteiger partial charge in [-0.3, -0.25) is 14.6 Å². The Labute approximate surface area is 150 Å². The highest BCUT2D eigenvalue weighted by atomic mass is 16.3. The first kappa shape index (κ1) is 16.3. The Morgan fingerprint density at radius 1 is 1.46 bits per heavy atom. The lowest BCUT2D eigenvalue weighted by molar-refractivity contribution is -0.129. The van der Waals surface area contributed by atoms with Crippen molar-refractivity contribution in [2.24, 2.45) is 0 Å². The molecule has 0 aromatic carbocycles. The van der Waals surface area contributed by atoms with Gasteiger partial charge in [0.15, 0.2) is 0 Å². The Kier molecular flexibility index (Phi) is 3.96. The van der Waals surface area contributed by atoms with Crippen LogP contribution in [0.15, 0.2) is 35.0 Å². The lowest BCUT2D eigenvalue weighted by Crippen LogP contribution is -2.40. The number of hydrogen-bond donors (Lipinski definition) is 1. The average molecular weight is 350 g/mol. The molecule has 4 rings (SSSR count). The summed E-state index contributed by atoms with van der Waals surface area (Å²) in [7, 11) is 0. The Bertz CT molecular complexity index is 895. The third-order valence-electron chi connectivity index (χ3n) is 4.92. The van der Waals surface area contributed by atoms with Gasteiger partial charge >= 0.3 is 0 Å². The minimum Gasteiger partial charge on any atom is -0.450 e. The molecule has 2 amide bonds. The second-order valence-corrected chi connectivity index (χ2v) is 6.74. The number of aryl methyl sites for hydroxylation is 1. The normalized spacial score (nSPS) is 22.3. The van der Waals surface area contributed by atoms with Crippen LogP contribution in [0.25, 0.3) is 0 Å². The average Bonchev–Trinajstić information content (AvgIpc) is 3.32. The summed E-state index contributed by atoms with van der Waals surface area (Å²) in [6.45, 7) is 1.64. The monoisotopic (exact) mass is 350 g/mol. The minimum atomic E-state index is -0.348. The zero-order chi connectivity index (χ0) is 18.3. The van der Waals surface area contributed by atoms with Gasteiger partial charge in [-0.2, -0.15) is 5.26 Å². The van der Waals surface area contributed by atoms with E-state index in [0.717, 1.165) is 18.4 Å². The molecule has 0 unspecified atom stereocenters. The molecule has 1 aliphatic heterocycles. The van der Waals surface area contributed by atoms with E-state index in [1.807, 2.05) is 23.1 Å². The molecule has 0 radical (unpaired) electrons.